The number of hydrogen-bond acceptors (Lipinski definition) is 3. The Morgan fingerprint density at radius 2 is 2.00 bits per heavy atom. The van der Waals surface area contributed by atoms with Gasteiger partial charge in [-0.1, -0.05) is 18.6 Å². The van der Waals surface area contributed by atoms with Crippen molar-refractivity contribution in [2.75, 3.05) is 27.2 Å². The summed E-state index contributed by atoms with van der Waals surface area (Å²) in [7, 11) is 4.07. The molecule has 5 nitrogen and oxygen atoms in total. The van der Waals surface area contributed by atoms with Gasteiger partial charge in [0, 0.05) is 30.2 Å². The van der Waals surface area contributed by atoms with Crippen molar-refractivity contribution in [2.45, 2.75) is 39.8 Å². The molecule has 0 aliphatic carbocycles. The Balaban J connectivity index is 2.28. The minimum absolute atomic E-state index is 0.0532. The number of aromatic nitrogens is 1. The molecule has 0 fully saturated rings. The minimum Gasteiger partial charge on any atom is -0.360 e. The minimum atomic E-state index is -0.0532. The Kier molecular flexibility index (Phi) is 7.17. The molecule has 2 aromatic rings. The second-order valence-electron chi connectivity index (χ2n) is 7.20. The third-order valence-electron chi connectivity index (χ3n) is 4.52. The predicted octanol–water partition coefficient (Wildman–Crippen LogP) is 2.87. The summed E-state index contributed by atoms with van der Waals surface area (Å²) in [6.45, 7) is 8.42. The number of nitrogens with zero attached hydrogens (tertiary/aromatic N) is 2. The van der Waals surface area contributed by atoms with Crippen molar-refractivity contribution in [3.63, 3.8) is 0 Å². The van der Waals surface area contributed by atoms with Gasteiger partial charge in [-0.2, -0.15) is 0 Å². The maximum absolute atomic E-state index is 12.5. The maximum Gasteiger partial charge on any atom is 0.253 e. The van der Waals surface area contributed by atoms with Crippen LogP contribution >= 0.6 is 12.2 Å². The summed E-state index contributed by atoms with van der Waals surface area (Å²) < 4.78 is 0. The van der Waals surface area contributed by atoms with Crippen molar-refractivity contribution < 1.29 is 0 Å². The van der Waals surface area contributed by atoms with Crippen molar-refractivity contribution >= 4 is 28.2 Å². The summed E-state index contributed by atoms with van der Waals surface area (Å²) in [5, 5.41) is 5.11. The molecular weight excluding hydrogens is 344 g/mol. The molecule has 0 radical (unpaired) electrons. The third-order valence-corrected chi connectivity index (χ3v) is 4.90. The fourth-order valence-corrected chi connectivity index (χ4v) is 3.03. The zero-order valence-corrected chi connectivity index (χ0v) is 17.2. The number of likely N-dealkylation sites (N-methyl/N-ethyl adjacent to an activating group) is 1. The molecule has 1 atom stereocenters. The number of rotatable bonds is 7. The second kappa shape index (κ2) is 9.14. The number of benzene rings is 1. The van der Waals surface area contributed by atoms with Gasteiger partial charge in [-0.05, 0) is 70.2 Å². The number of H-pyrrole nitrogens is 1. The molecule has 0 spiro atoms. The van der Waals surface area contributed by atoms with Gasteiger partial charge in [0.1, 0.15) is 0 Å². The number of pyridine rings is 1. The molecule has 1 heterocycles. The highest BCUT2D eigenvalue weighted by molar-refractivity contribution is 7.80. The Labute approximate surface area is 161 Å². The highest BCUT2D eigenvalue weighted by Crippen LogP contribution is 2.14. The first-order chi connectivity index (χ1) is 12.3. The van der Waals surface area contributed by atoms with E-state index >= 15 is 0 Å². The third kappa shape index (κ3) is 5.54. The molecular formula is C20H30N4OS. The van der Waals surface area contributed by atoms with Gasteiger partial charge in [-0.15, -0.1) is 0 Å². The SMILES string of the molecule is CCC(C)NC(=S)N(CCN(C)C)Cc1cc2cc(C)ccc2[nH]c1=O. The van der Waals surface area contributed by atoms with Crippen molar-refractivity contribution in [1.82, 2.24) is 20.1 Å². The molecule has 1 aromatic heterocycles. The molecule has 0 saturated heterocycles. The molecule has 2 N–H and O–H groups in total. The highest BCUT2D eigenvalue weighted by atomic mass is 32.1. The molecule has 26 heavy (non-hydrogen) atoms. The zero-order chi connectivity index (χ0) is 19.3. The van der Waals surface area contributed by atoms with E-state index < -0.39 is 0 Å². The van der Waals surface area contributed by atoms with Gasteiger partial charge in [0.15, 0.2) is 5.11 Å². The Hall–Kier alpha value is -1.92. The molecule has 2 rings (SSSR count). The molecule has 0 aliphatic rings. The number of hydrogen-bond donors (Lipinski definition) is 2. The summed E-state index contributed by atoms with van der Waals surface area (Å²) in [5.74, 6) is 0. The average Bonchev–Trinajstić information content (AvgIpc) is 2.58. The summed E-state index contributed by atoms with van der Waals surface area (Å²) in [6.07, 6.45) is 0.998. The zero-order valence-electron chi connectivity index (χ0n) is 16.4. The van der Waals surface area contributed by atoms with Crippen molar-refractivity contribution in [3.05, 3.63) is 45.7 Å². The lowest BCUT2D eigenvalue weighted by molar-refractivity contribution is 0.319. The largest absolute Gasteiger partial charge is 0.360 e. The van der Waals surface area contributed by atoms with E-state index in [9.17, 15) is 4.79 Å². The topological polar surface area (TPSA) is 51.4 Å². The van der Waals surface area contributed by atoms with Crippen molar-refractivity contribution in [2.24, 2.45) is 0 Å². The van der Waals surface area contributed by atoms with E-state index in [0.29, 0.717) is 17.7 Å². The second-order valence-corrected chi connectivity index (χ2v) is 7.58. The molecule has 0 aliphatic heterocycles. The van der Waals surface area contributed by atoms with Crippen LogP contribution in [0, 0.1) is 6.92 Å². The van der Waals surface area contributed by atoms with Crippen LogP contribution < -0.4 is 10.9 Å². The molecule has 1 aromatic carbocycles. The van der Waals surface area contributed by atoms with Gasteiger partial charge in [-0.25, -0.2) is 0 Å². The van der Waals surface area contributed by atoms with Gasteiger partial charge in [-0.3, -0.25) is 4.79 Å². The molecule has 142 valence electrons. The average molecular weight is 375 g/mol. The van der Waals surface area contributed by atoms with Crippen LogP contribution in [0.5, 0.6) is 0 Å². The van der Waals surface area contributed by atoms with Crippen LogP contribution in [0.3, 0.4) is 0 Å². The van der Waals surface area contributed by atoms with E-state index in [1.165, 1.54) is 5.56 Å². The predicted molar refractivity (Wildman–Crippen MR) is 114 cm³/mol. The highest BCUT2D eigenvalue weighted by Gasteiger charge is 2.15. The van der Waals surface area contributed by atoms with Gasteiger partial charge >= 0.3 is 0 Å². The summed E-state index contributed by atoms with van der Waals surface area (Å²) in [5.41, 5.74) is 2.72. The first-order valence-corrected chi connectivity index (χ1v) is 9.53. The quantitative estimate of drug-likeness (QED) is 0.730. The normalized spacial score (nSPS) is 12.4. The number of thiocarbonyl (C=S) groups is 1. The van der Waals surface area contributed by atoms with Crippen LogP contribution in [0.15, 0.2) is 29.1 Å². The van der Waals surface area contributed by atoms with E-state index in [1.807, 2.05) is 32.3 Å². The number of aromatic amines is 1. The van der Waals surface area contributed by atoms with Crippen LogP contribution in [0.2, 0.25) is 0 Å². The summed E-state index contributed by atoms with van der Waals surface area (Å²) in [4.78, 5) is 19.7. The number of fused-ring (bicyclic) bond motifs is 1. The van der Waals surface area contributed by atoms with E-state index in [0.717, 1.165) is 36.0 Å². The molecule has 0 saturated carbocycles. The van der Waals surface area contributed by atoms with Gasteiger partial charge < -0.3 is 20.1 Å². The molecule has 6 heteroatoms. The van der Waals surface area contributed by atoms with Crippen LogP contribution in [-0.4, -0.2) is 53.1 Å². The Morgan fingerprint density at radius 1 is 1.27 bits per heavy atom. The van der Waals surface area contributed by atoms with Gasteiger partial charge in [0.2, 0.25) is 0 Å². The smallest absolute Gasteiger partial charge is 0.253 e. The first-order valence-electron chi connectivity index (χ1n) is 9.13. The van der Waals surface area contributed by atoms with Crippen LogP contribution in [0.25, 0.3) is 10.9 Å². The van der Waals surface area contributed by atoms with E-state index in [-0.39, 0.29) is 5.56 Å². The monoisotopic (exact) mass is 374 g/mol. The summed E-state index contributed by atoms with van der Waals surface area (Å²) in [6, 6.07) is 8.34. The Bertz CT molecular complexity index is 815. The van der Waals surface area contributed by atoms with Crippen molar-refractivity contribution in [3.8, 4) is 0 Å². The number of aryl methyl sites for hydroxylation is 1. The fraction of sp³-hybridized carbons (Fsp3) is 0.500. The van der Waals surface area contributed by atoms with Crippen LogP contribution in [-0.2, 0) is 6.54 Å². The Morgan fingerprint density at radius 3 is 2.65 bits per heavy atom. The van der Waals surface area contributed by atoms with E-state index in [1.54, 1.807) is 0 Å². The summed E-state index contributed by atoms with van der Waals surface area (Å²) >= 11 is 5.61. The van der Waals surface area contributed by atoms with E-state index in [4.69, 9.17) is 12.2 Å². The standard InChI is InChI=1S/C20H30N4OS/c1-6-15(3)21-20(26)24(10-9-23(4)5)13-17-12-16-11-14(2)7-8-18(16)22-19(17)25/h7-8,11-12,15H,6,9-10,13H2,1-5H3,(H,21,26)(H,22,25). The number of nitrogens with one attached hydrogen (secondary N) is 2. The molecule has 0 amide bonds. The van der Waals surface area contributed by atoms with Crippen LogP contribution in [0.4, 0.5) is 0 Å². The maximum atomic E-state index is 12.5. The lowest BCUT2D eigenvalue weighted by Crippen LogP contribution is -2.46. The van der Waals surface area contributed by atoms with E-state index in [2.05, 4.69) is 46.9 Å². The first kappa shape index (κ1) is 20.4. The van der Waals surface area contributed by atoms with Gasteiger partial charge in [0.05, 0.1) is 6.54 Å². The van der Waals surface area contributed by atoms with Gasteiger partial charge in [0.25, 0.3) is 5.56 Å². The lowest BCUT2D eigenvalue weighted by Gasteiger charge is -2.29. The van der Waals surface area contributed by atoms with Crippen LogP contribution in [0.1, 0.15) is 31.4 Å². The van der Waals surface area contributed by atoms with Crippen molar-refractivity contribution in [1.29, 1.82) is 0 Å². The fourth-order valence-electron chi connectivity index (χ4n) is 2.67. The molecule has 0 bridgehead atoms. The lowest BCUT2D eigenvalue weighted by atomic mass is 10.1. The molecule has 1 unspecified atom stereocenters.